The number of allylic oxidation sites excluding steroid dienone is 2. The second-order valence-corrected chi connectivity index (χ2v) is 1.70. The molecule has 0 bridgehead atoms. The van der Waals surface area contributed by atoms with Crippen LogP contribution in [0.4, 0.5) is 4.39 Å². The van der Waals surface area contributed by atoms with Crippen LogP contribution in [0, 0.1) is 0 Å². The molecule has 0 radical (unpaired) electrons. The first kappa shape index (κ1) is 9.15. The number of aliphatic hydroxyl groups excluding tert-OH is 1. The molecule has 0 amide bonds. The Morgan fingerprint density at radius 1 is 1.70 bits per heavy atom. The van der Waals surface area contributed by atoms with E-state index in [1.54, 1.807) is 13.0 Å². The molecule has 0 aliphatic carbocycles. The summed E-state index contributed by atoms with van der Waals surface area (Å²) in [6.45, 7) is 1.74. The molecule has 0 unspecified atom stereocenters. The Labute approximate surface area is 60.2 Å². The van der Waals surface area contributed by atoms with Crippen LogP contribution in [0.5, 0.6) is 0 Å². The molecule has 0 aliphatic heterocycles. The lowest BCUT2D eigenvalue weighted by Gasteiger charge is -1.83. The van der Waals surface area contributed by atoms with Gasteiger partial charge in [-0.15, -0.1) is 5.73 Å². The van der Waals surface area contributed by atoms with E-state index >= 15 is 0 Å². The highest BCUT2D eigenvalue weighted by Crippen LogP contribution is 1.98. The van der Waals surface area contributed by atoms with Crippen molar-refractivity contribution >= 4 is 0 Å². The summed E-state index contributed by atoms with van der Waals surface area (Å²) in [5, 5.41) is 8.29. The maximum atomic E-state index is 12.4. The molecular weight excluding hydrogens is 131 g/mol. The summed E-state index contributed by atoms with van der Waals surface area (Å²) in [6.07, 6.45) is 4.52. The Balaban J connectivity index is 3.82. The number of rotatable bonds is 3. The molecule has 0 rings (SSSR count). The minimum absolute atomic E-state index is 0.0168. The normalized spacial score (nSPS) is 10.5. The molecule has 0 saturated carbocycles. The van der Waals surface area contributed by atoms with Crippen molar-refractivity contribution in [1.82, 2.24) is 0 Å². The highest BCUT2D eigenvalue weighted by Gasteiger charge is 1.83. The third kappa shape index (κ3) is 5.29. The Hall–Kier alpha value is -0.850. The Bertz CT molecular complexity index is 164. The molecule has 56 valence electrons. The maximum Gasteiger partial charge on any atom is 0.126 e. The molecule has 2 heteroatoms. The van der Waals surface area contributed by atoms with Crippen LogP contribution in [0.2, 0.25) is 0 Å². The van der Waals surface area contributed by atoms with E-state index < -0.39 is 0 Å². The molecule has 0 aliphatic rings. The van der Waals surface area contributed by atoms with Crippen LogP contribution in [0.1, 0.15) is 13.3 Å². The third-order valence-electron chi connectivity index (χ3n) is 0.856. The van der Waals surface area contributed by atoms with Crippen molar-refractivity contribution in [3.63, 3.8) is 0 Å². The van der Waals surface area contributed by atoms with E-state index in [-0.39, 0.29) is 12.4 Å². The summed E-state index contributed by atoms with van der Waals surface area (Å²) in [6, 6.07) is 0. The van der Waals surface area contributed by atoms with Crippen LogP contribution in [0.3, 0.4) is 0 Å². The average molecular weight is 142 g/mol. The van der Waals surface area contributed by atoms with E-state index in [0.717, 1.165) is 0 Å². The first-order chi connectivity index (χ1) is 4.81. The summed E-state index contributed by atoms with van der Waals surface area (Å²) in [4.78, 5) is 0. The van der Waals surface area contributed by atoms with Crippen molar-refractivity contribution in [2.24, 2.45) is 0 Å². The van der Waals surface area contributed by atoms with E-state index in [4.69, 9.17) is 5.11 Å². The lowest BCUT2D eigenvalue weighted by atomic mass is 10.3. The zero-order valence-corrected chi connectivity index (χ0v) is 5.97. The van der Waals surface area contributed by atoms with E-state index in [0.29, 0.717) is 6.42 Å². The average Bonchev–Trinajstić information content (AvgIpc) is 1.97. The first-order valence-corrected chi connectivity index (χ1v) is 3.15. The summed E-state index contributed by atoms with van der Waals surface area (Å²) in [5.74, 6) is -0.354. The zero-order valence-electron chi connectivity index (χ0n) is 5.97. The Morgan fingerprint density at radius 3 is 2.90 bits per heavy atom. The molecule has 10 heavy (non-hydrogen) atoms. The SMILES string of the molecule is CC=C=CC(F)=CCCO. The van der Waals surface area contributed by atoms with Gasteiger partial charge in [0.1, 0.15) is 5.83 Å². The van der Waals surface area contributed by atoms with Crippen molar-refractivity contribution in [2.45, 2.75) is 13.3 Å². The van der Waals surface area contributed by atoms with E-state index in [1.165, 1.54) is 12.2 Å². The number of hydrogen-bond donors (Lipinski definition) is 1. The molecule has 0 aromatic carbocycles. The molecule has 1 nitrogen and oxygen atoms in total. The lowest BCUT2D eigenvalue weighted by Crippen LogP contribution is -1.76. The number of aliphatic hydroxyl groups is 1. The van der Waals surface area contributed by atoms with Gasteiger partial charge >= 0.3 is 0 Å². The quantitative estimate of drug-likeness (QED) is 0.471. The fraction of sp³-hybridized carbons (Fsp3) is 0.375. The minimum atomic E-state index is -0.354. The van der Waals surface area contributed by atoms with Crippen molar-refractivity contribution in [2.75, 3.05) is 6.61 Å². The number of halogens is 1. The summed E-state index contributed by atoms with van der Waals surface area (Å²) in [5.41, 5.74) is 2.58. The van der Waals surface area contributed by atoms with Crippen molar-refractivity contribution < 1.29 is 9.50 Å². The fourth-order valence-electron chi connectivity index (χ4n) is 0.424. The number of hydrogen-bond acceptors (Lipinski definition) is 1. The van der Waals surface area contributed by atoms with Gasteiger partial charge in [0.15, 0.2) is 0 Å². The Kier molecular flexibility index (Phi) is 5.74. The van der Waals surface area contributed by atoms with Crippen molar-refractivity contribution in [1.29, 1.82) is 0 Å². The molecule has 0 heterocycles. The second-order valence-electron chi connectivity index (χ2n) is 1.70. The van der Waals surface area contributed by atoms with Crippen LogP contribution in [-0.2, 0) is 0 Å². The van der Waals surface area contributed by atoms with Gasteiger partial charge in [-0.3, -0.25) is 0 Å². The summed E-state index contributed by atoms with van der Waals surface area (Å²) >= 11 is 0. The molecule has 0 aromatic heterocycles. The van der Waals surface area contributed by atoms with Gasteiger partial charge in [-0.05, 0) is 25.5 Å². The molecule has 0 fully saturated rings. The molecule has 0 spiro atoms. The maximum absolute atomic E-state index is 12.4. The summed E-state index contributed by atoms with van der Waals surface area (Å²) in [7, 11) is 0. The van der Waals surface area contributed by atoms with Crippen LogP contribution < -0.4 is 0 Å². The molecule has 0 aromatic rings. The van der Waals surface area contributed by atoms with Gasteiger partial charge in [0, 0.05) is 12.7 Å². The van der Waals surface area contributed by atoms with Gasteiger partial charge < -0.3 is 5.11 Å². The van der Waals surface area contributed by atoms with E-state index in [2.05, 4.69) is 5.73 Å². The molecule has 0 atom stereocenters. The van der Waals surface area contributed by atoms with Gasteiger partial charge in [-0.1, -0.05) is 0 Å². The van der Waals surface area contributed by atoms with E-state index in [1.807, 2.05) is 0 Å². The van der Waals surface area contributed by atoms with Crippen molar-refractivity contribution in [3.8, 4) is 0 Å². The monoisotopic (exact) mass is 142 g/mol. The van der Waals surface area contributed by atoms with Gasteiger partial charge in [0.25, 0.3) is 0 Å². The van der Waals surface area contributed by atoms with Crippen molar-refractivity contribution in [3.05, 3.63) is 29.8 Å². The zero-order chi connectivity index (χ0) is 7.82. The van der Waals surface area contributed by atoms with Crippen LogP contribution in [0.15, 0.2) is 29.8 Å². The molecular formula is C8H11FO. The largest absolute Gasteiger partial charge is 0.396 e. The predicted molar refractivity (Wildman–Crippen MR) is 39.2 cm³/mol. The topological polar surface area (TPSA) is 20.2 Å². The highest BCUT2D eigenvalue weighted by atomic mass is 19.1. The van der Waals surface area contributed by atoms with Gasteiger partial charge in [-0.2, -0.15) is 0 Å². The van der Waals surface area contributed by atoms with E-state index in [9.17, 15) is 4.39 Å². The van der Waals surface area contributed by atoms with Gasteiger partial charge in [-0.25, -0.2) is 4.39 Å². The lowest BCUT2D eigenvalue weighted by molar-refractivity contribution is 0.302. The standard InChI is InChI=1S/C8H11FO/c1-2-3-5-8(9)6-4-7-10/h2,5-6,10H,4,7H2,1H3. The van der Waals surface area contributed by atoms with Crippen LogP contribution >= 0.6 is 0 Å². The molecule has 0 saturated heterocycles. The highest BCUT2D eigenvalue weighted by molar-refractivity contribution is 5.09. The summed E-state index contributed by atoms with van der Waals surface area (Å²) < 4.78 is 12.4. The van der Waals surface area contributed by atoms with Gasteiger partial charge in [0.2, 0.25) is 0 Å². The second kappa shape index (κ2) is 6.27. The Morgan fingerprint density at radius 2 is 2.40 bits per heavy atom. The van der Waals surface area contributed by atoms with Gasteiger partial charge in [0.05, 0.1) is 0 Å². The molecule has 1 N–H and O–H groups in total. The minimum Gasteiger partial charge on any atom is -0.396 e. The fourth-order valence-corrected chi connectivity index (χ4v) is 0.424. The van der Waals surface area contributed by atoms with Crippen LogP contribution in [0.25, 0.3) is 0 Å². The predicted octanol–water partition coefficient (Wildman–Crippen LogP) is 1.95. The first-order valence-electron chi connectivity index (χ1n) is 3.15. The smallest absolute Gasteiger partial charge is 0.126 e. The van der Waals surface area contributed by atoms with Crippen LogP contribution in [-0.4, -0.2) is 11.7 Å². The third-order valence-corrected chi connectivity index (χ3v) is 0.856.